The zero-order valence-electron chi connectivity index (χ0n) is 4.22. The molecule has 0 saturated carbocycles. The first-order valence-corrected chi connectivity index (χ1v) is 2.49. The third kappa shape index (κ3) is 0.667. The zero-order chi connectivity index (χ0) is 5.28. The van der Waals surface area contributed by atoms with Crippen LogP contribution in [0, 0.1) is 0 Å². The van der Waals surface area contributed by atoms with Gasteiger partial charge in [-0.25, -0.2) is 0 Å². The van der Waals surface area contributed by atoms with Crippen molar-refractivity contribution in [1.29, 1.82) is 0 Å². The summed E-state index contributed by atoms with van der Waals surface area (Å²) in [7, 11) is 0. The van der Waals surface area contributed by atoms with Crippen molar-refractivity contribution in [2.45, 2.75) is 12.5 Å². The quantitative estimate of drug-likeness (QED) is 0.438. The van der Waals surface area contributed by atoms with Gasteiger partial charge >= 0.3 is 0 Å². The van der Waals surface area contributed by atoms with Crippen LogP contribution in [0.25, 0.3) is 0 Å². The molecule has 0 aromatic heterocycles. The van der Waals surface area contributed by atoms with Gasteiger partial charge in [-0.1, -0.05) is 6.08 Å². The van der Waals surface area contributed by atoms with Gasteiger partial charge in [0.1, 0.15) is 0 Å². The molecule has 0 fully saturated rings. The molecule has 0 heterocycles. The van der Waals surface area contributed by atoms with Gasteiger partial charge in [0.15, 0.2) is 0 Å². The Labute approximate surface area is 43.2 Å². The largest absolute Gasteiger partial charge is 0.327 e. The van der Waals surface area contributed by atoms with E-state index in [1.54, 1.807) is 0 Å². The van der Waals surface area contributed by atoms with Crippen LogP contribution in [0.4, 0.5) is 0 Å². The number of nitrogens with two attached hydrogens (primary N) is 2. The van der Waals surface area contributed by atoms with Crippen LogP contribution in [-0.4, -0.2) is 12.6 Å². The lowest BCUT2D eigenvalue weighted by Gasteiger charge is -2.20. The second kappa shape index (κ2) is 1.64. The highest BCUT2D eigenvalue weighted by Crippen LogP contribution is 2.14. The predicted octanol–water partition coefficient (Wildman–Crippen LogP) is -0.397. The average molecular weight is 98.1 g/mol. The molecule has 0 bridgehead atoms. The fourth-order valence-electron chi connectivity index (χ4n) is 0.655. The molecule has 0 aliphatic heterocycles. The van der Waals surface area contributed by atoms with Crippen molar-refractivity contribution in [1.82, 2.24) is 0 Å². The zero-order valence-corrected chi connectivity index (χ0v) is 4.22. The van der Waals surface area contributed by atoms with E-state index in [0.29, 0.717) is 6.54 Å². The molecule has 2 nitrogen and oxygen atoms in total. The minimum absolute atomic E-state index is 0.282. The predicted molar refractivity (Wildman–Crippen MR) is 29.7 cm³/mol. The van der Waals surface area contributed by atoms with Crippen molar-refractivity contribution in [3.05, 3.63) is 11.6 Å². The topological polar surface area (TPSA) is 52.0 Å². The summed E-state index contributed by atoms with van der Waals surface area (Å²) in [5, 5.41) is 0. The van der Waals surface area contributed by atoms with E-state index in [9.17, 15) is 0 Å². The van der Waals surface area contributed by atoms with Crippen LogP contribution < -0.4 is 11.5 Å². The van der Waals surface area contributed by atoms with Crippen LogP contribution in [0.5, 0.6) is 0 Å². The fraction of sp³-hybridized carbons (Fsp3) is 0.600. The van der Waals surface area contributed by atoms with E-state index < -0.39 is 0 Å². The molecule has 1 rings (SSSR count). The minimum atomic E-state index is 0.282. The molecule has 0 radical (unpaired) electrons. The smallest absolute Gasteiger partial charge is 0.0301 e. The Balaban J connectivity index is 2.41. The second-order valence-corrected chi connectivity index (χ2v) is 1.83. The average Bonchev–Trinajstić information content (AvgIpc) is 1.65. The first kappa shape index (κ1) is 4.81. The van der Waals surface area contributed by atoms with Crippen molar-refractivity contribution >= 4 is 0 Å². The summed E-state index contributed by atoms with van der Waals surface area (Å²) in [5.41, 5.74) is 12.0. The third-order valence-corrected chi connectivity index (χ3v) is 1.35. The highest BCUT2D eigenvalue weighted by Gasteiger charge is 2.13. The summed E-state index contributed by atoms with van der Waals surface area (Å²) in [6.45, 7) is 0.640. The van der Waals surface area contributed by atoms with Gasteiger partial charge in [0.25, 0.3) is 0 Å². The van der Waals surface area contributed by atoms with E-state index in [1.807, 2.05) is 0 Å². The molecule has 0 spiro atoms. The van der Waals surface area contributed by atoms with Crippen LogP contribution in [0.15, 0.2) is 11.6 Å². The highest BCUT2D eigenvalue weighted by molar-refractivity contribution is 5.22. The summed E-state index contributed by atoms with van der Waals surface area (Å²) in [4.78, 5) is 0. The normalized spacial score (nSPS) is 28.9. The molecule has 1 atom stereocenters. The van der Waals surface area contributed by atoms with Gasteiger partial charge in [0.2, 0.25) is 0 Å². The molecule has 1 aliphatic carbocycles. The van der Waals surface area contributed by atoms with E-state index in [4.69, 9.17) is 11.5 Å². The monoisotopic (exact) mass is 98.1 g/mol. The first-order chi connectivity index (χ1) is 3.34. The summed E-state index contributed by atoms with van der Waals surface area (Å²) in [6, 6.07) is 0.282. The van der Waals surface area contributed by atoms with Crippen LogP contribution in [0.1, 0.15) is 6.42 Å². The Bertz CT molecular complexity index is 96.3. The van der Waals surface area contributed by atoms with E-state index in [1.165, 1.54) is 5.57 Å². The SMILES string of the molecule is NCC1=CCC1N. The van der Waals surface area contributed by atoms with Crippen LogP contribution in [-0.2, 0) is 0 Å². The lowest BCUT2D eigenvalue weighted by Crippen LogP contribution is -2.32. The van der Waals surface area contributed by atoms with Crippen molar-refractivity contribution in [2.75, 3.05) is 6.54 Å². The number of rotatable bonds is 1. The highest BCUT2D eigenvalue weighted by atomic mass is 14.7. The molecule has 7 heavy (non-hydrogen) atoms. The maximum Gasteiger partial charge on any atom is 0.0301 e. The molecule has 0 saturated heterocycles. The number of hydrogen-bond acceptors (Lipinski definition) is 2. The van der Waals surface area contributed by atoms with Gasteiger partial charge in [-0.3, -0.25) is 0 Å². The summed E-state index contributed by atoms with van der Waals surface area (Å²) < 4.78 is 0. The summed E-state index contributed by atoms with van der Waals surface area (Å²) >= 11 is 0. The van der Waals surface area contributed by atoms with Crippen molar-refractivity contribution in [3.63, 3.8) is 0 Å². The Morgan fingerprint density at radius 3 is 2.57 bits per heavy atom. The van der Waals surface area contributed by atoms with Crippen molar-refractivity contribution < 1.29 is 0 Å². The molecular formula is C5H10N2. The first-order valence-electron chi connectivity index (χ1n) is 2.49. The Morgan fingerprint density at radius 2 is 2.57 bits per heavy atom. The van der Waals surface area contributed by atoms with Gasteiger partial charge in [-0.05, 0) is 12.0 Å². The minimum Gasteiger partial charge on any atom is -0.327 e. The Kier molecular flexibility index (Phi) is 1.13. The fourth-order valence-corrected chi connectivity index (χ4v) is 0.655. The van der Waals surface area contributed by atoms with Gasteiger partial charge in [0, 0.05) is 12.6 Å². The molecule has 4 N–H and O–H groups in total. The lowest BCUT2D eigenvalue weighted by atomic mass is 9.93. The maximum atomic E-state index is 5.48. The molecule has 0 aromatic rings. The molecule has 40 valence electrons. The van der Waals surface area contributed by atoms with E-state index >= 15 is 0 Å². The van der Waals surface area contributed by atoms with Gasteiger partial charge < -0.3 is 11.5 Å². The van der Waals surface area contributed by atoms with Crippen LogP contribution in [0.2, 0.25) is 0 Å². The molecule has 1 unspecified atom stereocenters. The second-order valence-electron chi connectivity index (χ2n) is 1.83. The maximum absolute atomic E-state index is 5.48. The van der Waals surface area contributed by atoms with Crippen molar-refractivity contribution in [2.24, 2.45) is 11.5 Å². The molecule has 1 aliphatic rings. The van der Waals surface area contributed by atoms with Gasteiger partial charge in [-0.15, -0.1) is 0 Å². The molecular weight excluding hydrogens is 88.1 g/mol. The van der Waals surface area contributed by atoms with Gasteiger partial charge in [-0.2, -0.15) is 0 Å². The van der Waals surface area contributed by atoms with Gasteiger partial charge in [0.05, 0.1) is 0 Å². The summed E-state index contributed by atoms with van der Waals surface area (Å²) in [6.07, 6.45) is 3.11. The number of hydrogen-bond donors (Lipinski definition) is 2. The standard InChI is InChI=1S/C5H10N2/c6-3-4-1-2-5(4)7/h1,5H,2-3,6-7H2. The third-order valence-electron chi connectivity index (χ3n) is 1.35. The van der Waals surface area contributed by atoms with Crippen LogP contribution >= 0.6 is 0 Å². The molecule has 2 heteroatoms. The van der Waals surface area contributed by atoms with Crippen LogP contribution in [0.3, 0.4) is 0 Å². The van der Waals surface area contributed by atoms with E-state index in [2.05, 4.69) is 6.08 Å². The molecule has 0 amide bonds. The van der Waals surface area contributed by atoms with E-state index in [0.717, 1.165) is 6.42 Å². The van der Waals surface area contributed by atoms with E-state index in [-0.39, 0.29) is 6.04 Å². The summed E-state index contributed by atoms with van der Waals surface area (Å²) in [5.74, 6) is 0. The molecule has 0 aromatic carbocycles. The lowest BCUT2D eigenvalue weighted by molar-refractivity contribution is 0.690. The Hall–Kier alpha value is -0.340. The van der Waals surface area contributed by atoms with Crippen molar-refractivity contribution in [3.8, 4) is 0 Å². The Morgan fingerprint density at radius 1 is 1.86 bits per heavy atom.